The number of hydrogen-bond acceptors (Lipinski definition) is 2. The number of rotatable bonds is 3. The number of benzene rings is 2. The molecule has 0 aliphatic rings. The minimum absolute atomic E-state index is 0.124. The summed E-state index contributed by atoms with van der Waals surface area (Å²) >= 11 is 11.6. The number of anilines is 1. The van der Waals surface area contributed by atoms with Gasteiger partial charge in [0.1, 0.15) is 0 Å². The Balaban J connectivity index is 2.16. The van der Waals surface area contributed by atoms with Gasteiger partial charge in [0.05, 0.1) is 27.5 Å². The number of hydrogen-bond donors (Lipinski definition) is 1. The molecule has 0 saturated carbocycles. The lowest BCUT2D eigenvalue weighted by Gasteiger charge is -2.11. The van der Waals surface area contributed by atoms with E-state index >= 15 is 0 Å². The number of nitrogens with one attached hydrogen (secondary N) is 1. The fourth-order valence-corrected chi connectivity index (χ4v) is 1.90. The van der Waals surface area contributed by atoms with Crippen molar-refractivity contribution in [2.24, 2.45) is 5.10 Å². The minimum Gasteiger partial charge on any atom is -0.278 e. The summed E-state index contributed by atoms with van der Waals surface area (Å²) in [6.07, 6.45) is -3.09. The zero-order valence-corrected chi connectivity index (χ0v) is 12.0. The van der Waals surface area contributed by atoms with Crippen LogP contribution in [-0.2, 0) is 6.18 Å². The van der Waals surface area contributed by atoms with Crippen molar-refractivity contribution < 1.29 is 13.2 Å². The molecule has 0 heterocycles. The maximum atomic E-state index is 12.8. The van der Waals surface area contributed by atoms with Crippen LogP contribution in [0, 0.1) is 0 Å². The lowest BCUT2D eigenvalue weighted by Crippen LogP contribution is -2.08. The van der Waals surface area contributed by atoms with E-state index in [2.05, 4.69) is 10.5 Å². The molecule has 2 aromatic rings. The molecule has 2 aromatic carbocycles. The van der Waals surface area contributed by atoms with Crippen molar-refractivity contribution in [2.45, 2.75) is 6.18 Å². The van der Waals surface area contributed by atoms with Gasteiger partial charge >= 0.3 is 6.18 Å². The molecule has 1 N–H and O–H groups in total. The number of nitrogens with zero attached hydrogens (tertiary/aromatic N) is 1. The fraction of sp³-hybridized carbons (Fsp3) is 0.0714. The van der Waals surface area contributed by atoms with Crippen LogP contribution < -0.4 is 5.43 Å². The summed E-state index contributed by atoms with van der Waals surface area (Å²) in [5.41, 5.74) is 2.08. The fourth-order valence-electron chi connectivity index (χ4n) is 1.60. The van der Waals surface area contributed by atoms with Gasteiger partial charge in [0.15, 0.2) is 0 Å². The molecule has 0 radical (unpaired) electrons. The first-order valence-corrected chi connectivity index (χ1v) is 6.54. The molecule has 0 fully saturated rings. The Morgan fingerprint density at radius 3 is 2.38 bits per heavy atom. The highest BCUT2D eigenvalue weighted by Crippen LogP contribution is 2.34. The predicted molar refractivity (Wildman–Crippen MR) is 79.1 cm³/mol. The standard InChI is InChI=1S/C14H9Cl2F3N2/c15-11-6-5-9(7-12(11)16)8-20-21-13-4-2-1-3-10(13)14(17,18)19/h1-8,21H/b20-8-. The Morgan fingerprint density at radius 2 is 1.71 bits per heavy atom. The zero-order valence-electron chi connectivity index (χ0n) is 10.5. The van der Waals surface area contributed by atoms with Gasteiger partial charge in [0.2, 0.25) is 0 Å². The molecule has 2 nitrogen and oxygen atoms in total. The second-order valence-electron chi connectivity index (χ2n) is 4.09. The molecular weight excluding hydrogens is 324 g/mol. The molecule has 0 aliphatic carbocycles. The summed E-state index contributed by atoms with van der Waals surface area (Å²) in [4.78, 5) is 0. The van der Waals surface area contributed by atoms with Gasteiger partial charge in [-0.1, -0.05) is 41.4 Å². The van der Waals surface area contributed by atoms with Gasteiger partial charge in [-0.2, -0.15) is 18.3 Å². The van der Waals surface area contributed by atoms with Crippen molar-refractivity contribution in [3.8, 4) is 0 Å². The Bertz CT molecular complexity index is 670. The third-order valence-corrected chi connectivity index (χ3v) is 3.31. The summed E-state index contributed by atoms with van der Waals surface area (Å²) in [6.45, 7) is 0. The zero-order chi connectivity index (χ0) is 15.5. The van der Waals surface area contributed by atoms with Crippen LogP contribution in [0.3, 0.4) is 0 Å². The Hall–Kier alpha value is -1.72. The van der Waals surface area contributed by atoms with Crippen LogP contribution in [0.4, 0.5) is 18.9 Å². The van der Waals surface area contributed by atoms with Crippen molar-refractivity contribution in [1.82, 2.24) is 0 Å². The SMILES string of the molecule is FC(F)(F)c1ccccc1N/N=C\c1ccc(Cl)c(Cl)c1. The van der Waals surface area contributed by atoms with Gasteiger partial charge in [-0.25, -0.2) is 0 Å². The molecule has 0 unspecified atom stereocenters. The van der Waals surface area contributed by atoms with Gasteiger partial charge in [-0.05, 0) is 29.8 Å². The van der Waals surface area contributed by atoms with Crippen molar-refractivity contribution in [2.75, 3.05) is 5.43 Å². The molecule has 21 heavy (non-hydrogen) atoms. The monoisotopic (exact) mass is 332 g/mol. The summed E-state index contributed by atoms with van der Waals surface area (Å²) < 4.78 is 38.3. The highest BCUT2D eigenvalue weighted by Gasteiger charge is 2.33. The van der Waals surface area contributed by atoms with Gasteiger partial charge < -0.3 is 0 Å². The van der Waals surface area contributed by atoms with Crippen LogP contribution in [0.2, 0.25) is 10.0 Å². The second kappa shape index (κ2) is 6.37. The average molecular weight is 333 g/mol. The third kappa shape index (κ3) is 4.12. The average Bonchev–Trinajstić information content (AvgIpc) is 2.42. The van der Waals surface area contributed by atoms with Gasteiger partial charge in [-0.3, -0.25) is 5.43 Å². The molecular formula is C14H9Cl2F3N2. The van der Waals surface area contributed by atoms with Crippen LogP contribution in [0.5, 0.6) is 0 Å². The highest BCUT2D eigenvalue weighted by molar-refractivity contribution is 6.42. The van der Waals surface area contributed by atoms with Crippen molar-refractivity contribution in [3.63, 3.8) is 0 Å². The number of para-hydroxylation sites is 1. The molecule has 0 aromatic heterocycles. The Labute approximate surface area is 129 Å². The Morgan fingerprint density at radius 1 is 1.00 bits per heavy atom. The molecule has 7 heteroatoms. The van der Waals surface area contributed by atoms with E-state index in [9.17, 15) is 13.2 Å². The van der Waals surface area contributed by atoms with Crippen molar-refractivity contribution in [1.29, 1.82) is 0 Å². The molecule has 0 atom stereocenters. The van der Waals surface area contributed by atoms with Crippen molar-refractivity contribution in [3.05, 3.63) is 63.6 Å². The van der Waals surface area contributed by atoms with Crippen LogP contribution in [0.15, 0.2) is 47.6 Å². The van der Waals surface area contributed by atoms with Gasteiger partial charge in [-0.15, -0.1) is 0 Å². The lowest BCUT2D eigenvalue weighted by atomic mass is 10.2. The van der Waals surface area contributed by atoms with E-state index in [1.165, 1.54) is 24.4 Å². The van der Waals surface area contributed by atoms with E-state index in [4.69, 9.17) is 23.2 Å². The third-order valence-electron chi connectivity index (χ3n) is 2.57. The molecule has 0 saturated heterocycles. The first-order chi connectivity index (χ1) is 9.88. The highest BCUT2D eigenvalue weighted by atomic mass is 35.5. The van der Waals surface area contributed by atoms with Crippen molar-refractivity contribution >= 4 is 35.1 Å². The summed E-state index contributed by atoms with van der Waals surface area (Å²) in [5, 5.41) is 4.52. The van der Waals surface area contributed by atoms with Crippen LogP contribution >= 0.6 is 23.2 Å². The molecule has 0 bridgehead atoms. The molecule has 0 spiro atoms. The first-order valence-electron chi connectivity index (χ1n) is 5.78. The molecule has 0 aliphatic heterocycles. The summed E-state index contributed by atoms with van der Waals surface area (Å²) in [6, 6.07) is 9.88. The maximum absolute atomic E-state index is 12.8. The lowest BCUT2D eigenvalue weighted by molar-refractivity contribution is -0.136. The largest absolute Gasteiger partial charge is 0.418 e. The topological polar surface area (TPSA) is 24.4 Å². The van der Waals surface area contributed by atoms with E-state index < -0.39 is 11.7 Å². The van der Waals surface area contributed by atoms with Gasteiger partial charge in [0.25, 0.3) is 0 Å². The van der Waals surface area contributed by atoms with E-state index in [-0.39, 0.29) is 5.69 Å². The quantitative estimate of drug-likeness (QED) is 0.585. The van der Waals surface area contributed by atoms with E-state index in [1.807, 2.05) is 0 Å². The molecule has 110 valence electrons. The summed E-state index contributed by atoms with van der Waals surface area (Å²) in [7, 11) is 0. The smallest absolute Gasteiger partial charge is 0.278 e. The Kier molecular flexibility index (Phi) is 4.75. The number of hydrazone groups is 1. The minimum atomic E-state index is -4.44. The van der Waals surface area contributed by atoms with E-state index in [0.717, 1.165) is 6.07 Å². The predicted octanol–water partition coefficient (Wildman–Crippen LogP) is 5.46. The van der Waals surface area contributed by atoms with Crippen LogP contribution in [0.25, 0.3) is 0 Å². The van der Waals surface area contributed by atoms with E-state index in [0.29, 0.717) is 15.6 Å². The first kappa shape index (κ1) is 15.7. The van der Waals surface area contributed by atoms with E-state index in [1.54, 1.807) is 18.2 Å². The normalized spacial score (nSPS) is 11.9. The summed E-state index contributed by atoms with van der Waals surface area (Å²) in [5.74, 6) is 0. The van der Waals surface area contributed by atoms with Crippen LogP contribution in [-0.4, -0.2) is 6.21 Å². The molecule has 0 amide bonds. The number of alkyl halides is 3. The maximum Gasteiger partial charge on any atom is 0.418 e. The second-order valence-corrected chi connectivity index (χ2v) is 4.90. The van der Waals surface area contributed by atoms with Gasteiger partial charge in [0, 0.05) is 0 Å². The van der Waals surface area contributed by atoms with Crippen LogP contribution in [0.1, 0.15) is 11.1 Å². The molecule has 2 rings (SSSR count). The number of halogens is 5.